The number of carbonyl (C=O) groups is 2. The van der Waals surface area contributed by atoms with Crippen molar-refractivity contribution in [1.82, 2.24) is 14.5 Å². The zero-order valence-corrected chi connectivity index (χ0v) is 18.9. The van der Waals surface area contributed by atoms with Crippen molar-refractivity contribution < 1.29 is 37.3 Å². The van der Waals surface area contributed by atoms with E-state index in [2.05, 4.69) is 15.3 Å². The fraction of sp³-hybridized carbons (Fsp3) is 0.391. The van der Waals surface area contributed by atoms with Crippen molar-refractivity contribution in [3.63, 3.8) is 0 Å². The highest BCUT2D eigenvalue weighted by molar-refractivity contribution is 6.04. The number of fused-ring (bicyclic) bond motifs is 1. The molecule has 1 fully saturated rings. The van der Waals surface area contributed by atoms with Gasteiger partial charge < -0.3 is 24.5 Å². The van der Waals surface area contributed by atoms with Gasteiger partial charge in [-0.2, -0.15) is 13.2 Å². The lowest BCUT2D eigenvalue weighted by Crippen LogP contribution is -2.32. The fourth-order valence-electron chi connectivity index (χ4n) is 3.52. The molecular weight excluding hydrogens is 469 g/mol. The van der Waals surface area contributed by atoms with Gasteiger partial charge in [0.1, 0.15) is 23.0 Å². The largest absolute Gasteiger partial charge is 0.491 e. The molecule has 2 aromatic heterocycles. The molecule has 1 aliphatic heterocycles. The summed E-state index contributed by atoms with van der Waals surface area (Å²) in [6, 6.07) is 6.28. The van der Waals surface area contributed by atoms with Gasteiger partial charge in [-0.15, -0.1) is 0 Å². The number of hydrogen-bond donors (Lipinski definition) is 2. The molecule has 2 N–H and O–H groups in total. The van der Waals surface area contributed by atoms with Crippen molar-refractivity contribution in [2.24, 2.45) is 18.9 Å². The van der Waals surface area contributed by atoms with Crippen LogP contribution in [0.15, 0.2) is 30.3 Å². The smallest absolute Gasteiger partial charge is 0.433 e. The summed E-state index contributed by atoms with van der Waals surface area (Å²) >= 11 is 0. The SMILES string of the molecule is CC(Cc1nc2cc(OCC3COC3)c(NC(=O)c3cccc(C(F)(F)F)n3)cc2n1C)C(=O)O. The average Bonchev–Trinajstić information content (AvgIpc) is 3.06. The van der Waals surface area contributed by atoms with Crippen LogP contribution in [0.3, 0.4) is 0 Å². The molecule has 1 aromatic carbocycles. The first-order valence-electron chi connectivity index (χ1n) is 10.8. The summed E-state index contributed by atoms with van der Waals surface area (Å²) in [6.45, 7) is 2.97. The quantitative estimate of drug-likeness (QED) is 0.494. The third-order valence-corrected chi connectivity index (χ3v) is 5.69. The Hall–Kier alpha value is -3.67. The number of rotatable bonds is 8. The number of aryl methyl sites for hydroxylation is 1. The Morgan fingerprint density at radius 1 is 1.29 bits per heavy atom. The molecule has 3 aromatic rings. The van der Waals surface area contributed by atoms with Gasteiger partial charge >= 0.3 is 12.1 Å². The second-order valence-electron chi connectivity index (χ2n) is 8.44. The molecule has 12 heteroatoms. The molecule has 0 spiro atoms. The van der Waals surface area contributed by atoms with E-state index in [1.54, 1.807) is 30.7 Å². The fourth-order valence-corrected chi connectivity index (χ4v) is 3.52. The standard InChI is InChI=1S/C23H23F3N4O5/c1-12(22(32)33)6-20-28-15-8-18(35-11-13-9-34-10-13)16(7-17(15)30(20)2)29-21(31)14-4-3-5-19(27-14)23(24,25)26/h3-5,7-8,12-13H,6,9-11H2,1-2H3,(H,29,31)(H,32,33). The minimum atomic E-state index is -4.69. The van der Waals surface area contributed by atoms with E-state index >= 15 is 0 Å². The molecule has 9 nitrogen and oxygen atoms in total. The van der Waals surface area contributed by atoms with Crippen LogP contribution in [0, 0.1) is 11.8 Å². The molecule has 0 radical (unpaired) electrons. The van der Waals surface area contributed by atoms with Crippen LogP contribution in [0.4, 0.5) is 18.9 Å². The maximum Gasteiger partial charge on any atom is 0.433 e. The van der Waals surface area contributed by atoms with Gasteiger partial charge in [-0.05, 0) is 18.2 Å². The predicted octanol–water partition coefficient (Wildman–Crippen LogP) is 3.53. The van der Waals surface area contributed by atoms with Crippen LogP contribution in [0.1, 0.15) is 28.9 Å². The van der Waals surface area contributed by atoms with E-state index in [0.29, 0.717) is 36.7 Å². The minimum absolute atomic E-state index is 0.176. The first-order chi connectivity index (χ1) is 16.5. The summed E-state index contributed by atoms with van der Waals surface area (Å²) in [4.78, 5) is 32.0. The van der Waals surface area contributed by atoms with Crippen LogP contribution in [0.2, 0.25) is 0 Å². The first-order valence-corrected chi connectivity index (χ1v) is 10.8. The lowest BCUT2D eigenvalue weighted by atomic mass is 10.1. The molecule has 186 valence electrons. The van der Waals surface area contributed by atoms with Crippen LogP contribution in [0.25, 0.3) is 11.0 Å². The van der Waals surface area contributed by atoms with Gasteiger partial charge in [0.15, 0.2) is 0 Å². The number of nitrogens with one attached hydrogen (secondary N) is 1. The van der Waals surface area contributed by atoms with Crippen molar-refractivity contribution >= 4 is 28.6 Å². The zero-order valence-electron chi connectivity index (χ0n) is 18.9. The first kappa shape index (κ1) is 24.5. The molecule has 3 heterocycles. The number of halogens is 3. The van der Waals surface area contributed by atoms with Crippen LogP contribution >= 0.6 is 0 Å². The predicted molar refractivity (Wildman–Crippen MR) is 118 cm³/mol. The van der Waals surface area contributed by atoms with Gasteiger partial charge in [-0.25, -0.2) is 9.97 Å². The lowest BCUT2D eigenvalue weighted by Gasteiger charge is -2.26. The van der Waals surface area contributed by atoms with E-state index in [4.69, 9.17) is 9.47 Å². The Morgan fingerprint density at radius 2 is 2.03 bits per heavy atom. The molecular formula is C23H23F3N4O5. The third kappa shape index (κ3) is 5.37. The summed E-state index contributed by atoms with van der Waals surface area (Å²) in [5, 5.41) is 11.8. The maximum absolute atomic E-state index is 13.0. The molecule has 1 atom stereocenters. The number of carbonyl (C=O) groups excluding carboxylic acids is 1. The summed E-state index contributed by atoms with van der Waals surface area (Å²) < 4.78 is 51.8. The molecule has 0 aliphatic carbocycles. The number of carboxylic acid groups (broad SMARTS) is 1. The number of imidazole rings is 1. The topological polar surface area (TPSA) is 116 Å². The van der Waals surface area contributed by atoms with E-state index in [1.807, 2.05) is 0 Å². The van der Waals surface area contributed by atoms with Crippen molar-refractivity contribution in [1.29, 1.82) is 0 Å². The van der Waals surface area contributed by atoms with Gasteiger partial charge in [0.05, 0.1) is 42.5 Å². The minimum Gasteiger partial charge on any atom is -0.491 e. The second kappa shape index (κ2) is 9.53. The molecule has 0 saturated carbocycles. The van der Waals surface area contributed by atoms with Gasteiger partial charge in [0, 0.05) is 25.5 Å². The molecule has 1 amide bonds. The molecule has 1 aliphatic rings. The highest BCUT2D eigenvalue weighted by Gasteiger charge is 2.33. The Morgan fingerprint density at radius 3 is 2.66 bits per heavy atom. The van der Waals surface area contributed by atoms with Crippen molar-refractivity contribution in [3.8, 4) is 5.75 Å². The Balaban J connectivity index is 1.67. The molecule has 35 heavy (non-hydrogen) atoms. The summed E-state index contributed by atoms with van der Waals surface area (Å²) in [5.41, 5.74) is -0.243. The number of carboxylic acids is 1. The monoisotopic (exact) mass is 492 g/mol. The Labute approximate surface area is 197 Å². The van der Waals surface area contributed by atoms with E-state index in [-0.39, 0.29) is 23.8 Å². The molecule has 1 saturated heterocycles. The Bertz CT molecular complexity index is 1270. The van der Waals surface area contributed by atoms with Gasteiger partial charge in [-0.3, -0.25) is 9.59 Å². The number of alkyl halides is 3. The van der Waals surface area contributed by atoms with Gasteiger partial charge in [-0.1, -0.05) is 13.0 Å². The van der Waals surface area contributed by atoms with E-state index < -0.39 is 35.4 Å². The number of aromatic nitrogens is 3. The highest BCUT2D eigenvalue weighted by Crippen LogP contribution is 2.33. The number of anilines is 1. The second-order valence-corrected chi connectivity index (χ2v) is 8.44. The van der Waals surface area contributed by atoms with Crippen LogP contribution in [0.5, 0.6) is 5.75 Å². The third-order valence-electron chi connectivity index (χ3n) is 5.69. The van der Waals surface area contributed by atoms with E-state index in [9.17, 15) is 27.9 Å². The van der Waals surface area contributed by atoms with Crippen molar-refractivity contribution in [2.75, 3.05) is 25.1 Å². The number of aliphatic carboxylic acids is 1. The molecule has 0 bridgehead atoms. The van der Waals surface area contributed by atoms with Gasteiger partial charge in [0.2, 0.25) is 0 Å². The number of pyridine rings is 1. The maximum atomic E-state index is 13.0. The summed E-state index contributed by atoms with van der Waals surface area (Å²) in [6.07, 6.45) is -4.50. The lowest BCUT2D eigenvalue weighted by molar-refractivity contribution is -0.142. The van der Waals surface area contributed by atoms with Crippen LogP contribution < -0.4 is 10.1 Å². The molecule has 1 unspecified atom stereocenters. The summed E-state index contributed by atoms with van der Waals surface area (Å²) in [7, 11) is 1.71. The number of ether oxygens (including phenoxy) is 2. The Kier molecular flexibility index (Phi) is 6.66. The molecule has 4 rings (SSSR count). The van der Waals surface area contributed by atoms with Crippen LogP contribution in [-0.2, 0) is 29.2 Å². The van der Waals surface area contributed by atoms with Crippen molar-refractivity contribution in [3.05, 3.63) is 47.5 Å². The number of amides is 1. The van der Waals surface area contributed by atoms with E-state index in [1.165, 1.54) is 6.07 Å². The van der Waals surface area contributed by atoms with Crippen LogP contribution in [-0.4, -0.2) is 51.3 Å². The highest BCUT2D eigenvalue weighted by atomic mass is 19.4. The number of hydrogen-bond acceptors (Lipinski definition) is 6. The average molecular weight is 492 g/mol. The normalized spacial score (nSPS) is 15.0. The number of nitrogens with zero attached hydrogens (tertiary/aromatic N) is 3. The van der Waals surface area contributed by atoms with E-state index in [0.717, 1.165) is 12.1 Å². The summed E-state index contributed by atoms with van der Waals surface area (Å²) in [5.74, 6) is -1.47. The van der Waals surface area contributed by atoms with Crippen molar-refractivity contribution in [2.45, 2.75) is 19.5 Å². The number of benzene rings is 1. The zero-order chi connectivity index (χ0) is 25.3. The van der Waals surface area contributed by atoms with Gasteiger partial charge in [0.25, 0.3) is 5.91 Å².